The third-order valence-corrected chi connectivity index (χ3v) is 5.04. The number of rotatable bonds is 4. The number of carbonyl (C=O) groups excluding carboxylic acids is 1. The van der Waals surface area contributed by atoms with Crippen molar-refractivity contribution >= 4 is 30.3 Å². The zero-order chi connectivity index (χ0) is 18.3. The first-order chi connectivity index (χ1) is 12.5. The SMILES string of the molecule is Cn1cc(-c2cncc([C@]3(C)CCOC3)n2)c2cc(CC(N)=O)ncc21.S. The van der Waals surface area contributed by atoms with Crippen molar-refractivity contribution in [1.82, 2.24) is 19.5 Å². The first-order valence-electron chi connectivity index (χ1n) is 8.59. The van der Waals surface area contributed by atoms with Gasteiger partial charge in [-0.15, -0.1) is 0 Å². The predicted molar refractivity (Wildman–Crippen MR) is 108 cm³/mol. The highest BCUT2D eigenvalue weighted by molar-refractivity contribution is 7.59. The Kier molecular flexibility index (Phi) is 5.21. The number of primary amides is 1. The van der Waals surface area contributed by atoms with E-state index < -0.39 is 5.91 Å². The lowest BCUT2D eigenvalue weighted by Crippen LogP contribution is -2.23. The third kappa shape index (κ3) is 3.54. The summed E-state index contributed by atoms with van der Waals surface area (Å²) in [6.07, 6.45) is 8.43. The van der Waals surface area contributed by atoms with Crippen molar-refractivity contribution in [2.75, 3.05) is 13.2 Å². The molecule has 1 aliphatic rings. The Morgan fingerprint density at radius 2 is 2.19 bits per heavy atom. The Bertz CT molecular complexity index is 995. The van der Waals surface area contributed by atoms with Crippen molar-refractivity contribution in [2.24, 2.45) is 12.8 Å². The van der Waals surface area contributed by atoms with E-state index in [0.717, 1.165) is 40.9 Å². The van der Waals surface area contributed by atoms with E-state index in [4.69, 9.17) is 15.5 Å². The molecule has 1 atom stereocenters. The van der Waals surface area contributed by atoms with E-state index in [1.807, 2.05) is 30.1 Å². The van der Waals surface area contributed by atoms with Crippen molar-refractivity contribution in [3.05, 3.63) is 42.2 Å². The van der Waals surface area contributed by atoms with Crippen LogP contribution >= 0.6 is 13.5 Å². The molecule has 0 bridgehead atoms. The van der Waals surface area contributed by atoms with Gasteiger partial charge in [0.25, 0.3) is 0 Å². The Labute approximate surface area is 164 Å². The molecule has 1 fully saturated rings. The molecule has 1 amide bonds. The number of ether oxygens (including phenoxy) is 1. The van der Waals surface area contributed by atoms with Gasteiger partial charge in [-0.2, -0.15) is 13.5 Å². The average molecular weight is 385 g/mol. The molecule has 0 aromatic carbocycles. The van der Waals surface area contributed by atoms with Gasteiger partial charge < -0.3 is 15.0 Å². The molecule has 0 unspecified atom stereocenters. The number of pyridine rings is 1. The minimum atomic E-state index is -0.398. The number of amides is 1. The lowest BCUT2D eigenvalue weighted by atomic mass is 9.86. The molecule has 0 radical (unpaired) electrons. The molecule has 3 aromatic rings. The van der Waals surface area contributed by atoms with Crippen LogP contribution in [-0.2, 0) is 28.4 Å². The first-order valence-corrected chi connectivity index (χ1v) is 8.59. The van der Waals surface area contributed by atoms with Gasteiger partial charge in [0, 0.05) is 42.4 Å². The smallest absolute Gasteiger partial charge is 0.223 e. The zero-order valence-corrected chi connectivity index (χ0v) is 16.4. The number of aryl methyl sites for hydroxylation is 1. The molecule has 7 nitrogen and oxygen atoms in total. The van der Waals surface area contributed by atoms with Crippen molar-refractivity contribution in [2.45, 2.75) is 25.2 Å². The molecule has 2 N–H and O–H groups in total. The minimum Gasteiger partial charge on any atom is -0.380 e. The van der Waals surface area contributed by atoms with Gasteiger partial charge in [0.15, 0.2) is 0 Å². The Hall–Kier alpha value is -2.45. The van der Waals surface area contributed by atoms with Crippen LogP contribution < -0.4 is 5.73 Å². The van der Waals surface area contributed by atoms with Gasteiger partial charge in [0.2, 0.25) is 5.91 Å². The summed E-state index contributed by atoms with van der Waals surface area (Å²) < 4.78 is 7.56. The van der Waals surface area contributed by atoms with E-state index in [0.29, 0.717) is 12.3 Å². The summed E-state index contributed by atoms with van der Waals surface area (Å²) in [5, 5.41) is 0.984. The third-order valence-electron chi connectivity index (χ3n) is 5.04. The highest BCUT2D eigenvalue weighted by atomic mass is 32.1. The van der Waals surface area contributed by atoms with E-state index >= 15 is 0 Å². The molecule has 0 aliphatic carbocycles. The van der Waals surface area contributed by atoms with Crippen LogP contribution in [0.3, 0.4) is 0 Å². The highest BCUT2D eigenvalue weighted by Gasteiger charge is 2.33. The maximum Gasteiger partial charge on any atom is 0.223 e. The molecule has 27 heavy (non-hydrogen) atoms. The standard InChI is InChI=1S/C19H21N5O2.H2S/c1-19(3-4-26-11-19)17-9-21-7-15(23-17)14-10-24(2)16-8-22-12(5-13(14)16)6-18(20)25;/h5,7-10H,3-4,6,11H2,1-2H3,(H2,20,25);1H2/t19-;/m1./s1. The normalized spacial score (nSPS) is 19.2. The predicted octanol–water partition coefficient (Wildman–Crippen LogP) is 1.85. The molecule has 0 saturated carbocycles. The van der Waals surface area contributed by atoms with Gasteiger partial charge >= 0.3 is 0 Å². The Balaban J connectivity index is 0.00000210. The molecule has 4 rings (SSSR count). The van der Waals surface area contributed by atoms with E-state index in [-0.39, 0.29) is 25.3 Å². The molecule has 1 saturated heterocycles. The number of nitrogens with two attached hydrogens (primary N) is 1. The number of nitrogens with zero attached hydrogens (tertiary/aromatic N) is 4. The van der Waals surface area contributed by atoms with Crippen LogP contribution in [0.4, 0.5) is 0 Å². The van der Waals surface area contributed by atoms with Gasteiger partial charge in [-0.25, -0.2) is 4.98 Å². The summed E-state index contributed by atoms with van der Waals surface area (Å²) in [5.74, 6) is -0.398. The molecule has 8 heteroatoms. The number of hydrogen-bond donors (Lipinski definition) is 1. The zero-order valence-electron chi connectivity index (χ0n) is 15.4. The average Bonchev–Trinajstić information content (AvgIpc) is 3.19. The summed E-state index contributed by atoms with van der Waals surface area (Å²) in [7, 11) is 1.96. The van der Waals surface area contributed by atoms with E-state index in [1.54, 1.807) is 12.4 Å². The first kappa shape index (κ1) is 19.3. The van der Waals surface area contributed by atoms with Crippen molar-refractivity contribution in [1.29, 1.82) is 0 Å². The molecule has 4 heterocycles. The van der Waals surface area contributed by atoms with Crippen LogP contribution in [0.1, 0.15) is 24.7 Å². The molecule has 3 aromatic heterocycles. The molecule has 1 aliphatic heterocycles. The van der Waals surface area contributed by atoms with E-state index in [9.17, 15) is 4.79 Å². The van der Waals surface area contributed by atoms with E-state index in [2.05, 4.69) is 16.9 Å². The number of fused-ring (bicyclic) bond motifs is 1. The monoisotopic (exact) mass is 385 g/mol. The van der Waals surface area contributed by atoms with Gasteiger partial charge in [0.1, 0.15) is 0 Å². The minimum absolute atomic E-state index is 0. The van der Waals surface area contributed by atoms with Crippen LogP contribution in [0.5, 0.6) is 0 Å². The van der Waals surface area contributed by atoms with Crippen molar-refractivity contribution in [3.8, 4) is 11.3 Å². The number of aromatic nitrogens is 4. The molecular formula is C19H23N5O2S. The maximum absolute atomic E-state index is 11.2. The summed E-state index contributed by atoms with van der Waals surface area (Å²) in [5.41, 5.74) is 9.53. The lowest BCUT2D eigenvalue weighted by molar-refractivity contribution is -0.117. The molecule has 0 spiro atoms. The summed E-state index contributed by atoms with van der Waals surface area (Å²) >= 11 is 0. The largest absolute Gasteiger partial charge is 0.380 e. The quantitative estimate of drug-likeness (QED) is 0.739. The number of carbonyl (C=O) groups is 1. The maximum atomic E-state index is 11.2. The van der Waals surface area contributed by atoms with Crippen LogP contribution in [0.15, 0.2) is 30.9 Å². The van der Waals surface area contributed by atoms with Crippen LogP contribution in [0.2, 0.25) is 0 Å². The van der Waals surface area contributed by atoms with Crippen molar-refractivity contribution in [3.63, 3.8) is 0 Å². The fraction of sp³-hybridized carbons (Fsp3) is 0.368. The Morgan fingerprint density at radius 3 is 2.89 bits per heavy atom. The summed E-state index contributed by atoms with van der Waals surface area (Å²) in [4.78, 5) is 24.9. The van der Waals surface area contributed by atoms with Crippen LogP contribution in [-0.4, -0.2) is 38.6 Å². The highest BCUT2D eigenvalue weighted by Crippen LogP contribution is 2.34. The second-order valence-corrected chi connectivity index (χ2v) is 7.14. The van der Waals surface area contributed by atoms with Gasteiger partial charge in [-0.1, -0.05) is 6.92 Å². The Morgan fingerprint density at radius 1 is 1.37 bits per heavy atom. The number of hydrogen-bond acceptors (Lipinski definition) is 5. The van der Waals surface area contributed by atoms with Crippen molar-refractivity contribution < 1.29 is 9.53 Å². The van der Waals surface area contributed by atoms with Crippen LogP contribution in [0, 0.1) is 0 Å². The topological polar surface area (TPSA) is 95.9 Å². The second-order valence-electron chi connectivity index (χ2n) is 7.14. The van der Waals surface area contributed by atoms with Gasteiger partial charge in [-0.05, 0) is 12.5 Å². The lowest BCUT2D eigenvalue weighted by Gasteiger charge is -2.20. The second kappa shape index (κ2) is 7.28. The van der Waals surface area contributed by atoms with Crippen LogP contribution in [0.25, 0.3) is 22.2 Å². The fourth-order valence-electron chi connectivity index (χ4n) is 3.46. The molecule has 142 valence electrons. The van der Waals surface area contributed by atoms with Gasteiger partial charge in [-0.3, -0.25) is 14.8 Å². The summed E-state index contributed by atoms with van der Waals surface area (Å²) in [6, 6.07) is 1.91. The van der Waals surface area contributed by atoms with Gasteiger partial charge in [0.05, 0.1) is 48.0 Å². The molecular weight excluding hydrogens is 362 g/mol. The fourth-order valence-corrected chi connectivity index (χ4v) is 3.46. The summed E-state index contributed by atoms with van der Waals surface area (Å²) in [6.45, 7) is 3.57. The van der Waals surface area contributed by atoms with E-state index in [1.165, 1.54) is 0 Å².